The molecule has 4 N–H and O–H groups in total. The van der Waals surface area contributed by atoms with E-state index in [2.05, 4.69) is 15.1 Å². The first-order valence-corrected chi connectivity index (χ1v) is 9.20. The zero-order chi connectivity index (χ0) is 19.9. The molecule has 3 rings (SSSR count). The van der Waals surface area contributed by atoms with Crippen LogP contribution >= 0.6 is 0 Å². The van der Waals surface area contributed by atoms with Gasteiger partial charge in [-0.05, 0) is 36.4 Å². The number of anilines is 2. The van der Waals surface area contributed by atoms with Crippen LogP contribution in [0.15, 0.2) is 48.5 Å². The Bertz CT molecular complexity index is 779. The number of rotatable bonds is 7. The van der Waals surface area contributed by atoms with Gasteiger partial charge in [-0.2, -0.15) is 0 Å². The molecule has 7 nitrogen and oxygen atoms in total. The van der Waals surface area contributed by atoms with E-state index in [1.807, 2.05) is 0 Å². The van der Waals surface area contributed by atoms with Gasteiger partial charge in [-0.3, -0.25) is 4.90 Å². The quantitative estimate of drug-likeness (QED) is 0.674. The minimum absolute atomic E-state index is 0.107. The number of urea groups is 1. The number of hydrogen-bond donors (Lipinski definition) is 3. The van der Waals surface area contributed by atoms with Gasteiger partial charge in [0.25, 0.3) is 0 Å². The Balaban J connectivity index is 1.44. The highest BCUT2D eigenvalue weighted by Gasteiger charge is 2.20. The molecule has 0 aliphatic carbocycles. The Morgan fingerprint density at radius 3 is 2.50 bits per heavy atom. The summed E-state index contributed by atoms with van der Waals surface area (Å²) >= 11 is 0. The predicted molar refractivity (Wildman–Crippen MR) is 106 cm³/mol. The fraction of sp³-hybridized carbons (Fsp3) is 0.350. The fourth-order valence-corrected chi connectivity index (χ4v) is 3.21. The van der Waals surface area contributed by atoms with Crippen molar-refractivity contribution in [3.63, 3.8) is 0 Å². The molecule has 1 aliphatic rings. The smallest absolute Gasteiger partial charge is 0.316 e. The number of primary amides is 1. The summed E-state index contributed by atoms with van der Waals surface area (Å²) in [6, 6.07) is 12.8. The first kappa shape index (κ1) is 19.9. The first-order valence-electron chi connectivity index (χ1n) is 9.20. The van der Waals surface area contributed by atoms with E-state index < -0.39 is 12.1 Å². The van der Waals surface area contributed by atoms with Crippen molar-refractivity contribution in [2.45, 2.75) is 6.10 Å². The fourth-order valence-electron chi connectivity index (χ4n) is 3.21. The van der Waals surface area contributed by atoms with Crippen LogP contribution in [0.25, 0.3) is 0 Å². The number of aliphatic hydroxyl groups is 1. The van der Waals surface area contributed by atoms with Crippen LogP contribution in [0.2, 0.25) is 0 Å². The third kappa shape index (κ3) is 5.58. The van der Waals surface area contributed by atoms with E-state index in [4.69, 9.17) is 10.5 Å². The molecular weight excluding hydrogens is 363 g/mol. The van der Waals surface area contributed by atoms with Crippen molar-refractivity contribution in [3.05, 3.63) is 54.3 Å². The summed E-state index contributed by atoms with van der Waals surface area (Å²) in [7, 11) is 0. The number of halogens is 1. The summed E-state index contributed by atoms with van der Waals surface area (Å²) in [5.74, 6) is 0.222. The number of ether oxygens (including phenoxy) is 1. The van der Waals surface area contributed by atoms with Gasteiger partial charge in [0.05, 0.1) is 5.69 Å². The number of nitrogens with one attached hydrogen (secondary N) is 1. The van der Waals surface area contributed by atoms with Gasteiger partial charge in [0, 0.05) is 38.4 Å². The van der Waals surface area contributed by atoms with Gasteiger partial charge in [-0.25, -0.2) is 9.18 Å². The van der Waals surface area contributed by atoms with Crippen LogP contribution in [-0.4, -0.2) is 61.5 Å². The van der Waals surface area contributed by atoms with Crippen LogP contribution in [-0.2, 0) is 0 Å². The average Bonchev–Trinajstić information content (AvgIpc) is 2.68. The number of benzene rings is 2. The largest absolute Gasteiger partial charge is 0.489 e. The van der Waals surface area contributed by atoms with E-state index in [9.17, 15) is 14.3 Å². The molecule has 1 unspecified atom stereocenters. The van der Waals surface area contributed by atoms with Crippen molar-refractivity contribution in [3.8, 4) is 5.75 Å². The van der Waals surface area contributed by atoms with Gasteiger partial charge >= 0.3 is 6.03 Å². The third-order valence-corrected chi connectivity index (χ3v) is 4.61. The zero-order valence-corrected chi connectivity index (χ0v) is 15.6. The topological polar surface area (TPSA) is 91.1 Å². The van der Waals surface area contributed by atoms with Crippen LogP contribution < -0.4 is 20.7 Å². The van der Waals surface area contributed by atoms with Gasteiger partial charge in [0.1, 0.15) is 24.3 Å². The first-order chi connectivity index (χ1) is 13.5. The lowest BCUT2D eigenvalue weighted by Crippen LogP contribution is -2.49. The number of nitrogens with zero attached hydrogens (tertiary/aromatic N) is 2. The highest BCUT2D eigenvalue weighted by Crippen LogP contribution is 2.23. The van der Waals surface area contributed by atoms with Crippen LogP contribution in [0.4, 0.5) is 20.6 Å². The van der Waals surface area contributed by atoms with E-state index in [0.717, 1.165) is 31.9 Å². The van der Waals surface area contributed by atoms with Crippen LogP contribution in [0.1, 0.15) is 0 Å². The SMILES string of the molecule is NC(=O)Nc1ccccc1OCC(O)CN1CCN(c2ccc(F)cc2)CC1. The number of aliphatic hydroxyl groups excluding tert-OH is 1. The molecule has 150 valence electrons. The molecule has 0 aromatic heterocycles. The molecular formula is C20H25FN4O3. The average molecular weight is 388 g/mol. The van der Waals surface area contributed by atoms with Crippen molar-refractivity contribution in [2.75, 3.05) is 49.5 Å². The normalized spacial score (nSPS) is 15.9. The molecule has 0 saturated carbocycles. The molecule has 1 aliphatic heterocycles. The third-order valence-electron chi connectivity index (χ3n) is 4.61. The predicted octanol–water partition coefficient (Wildman–Crippen LogP) is 1.88. The number of carbonyl (C=O) groups excluding carboxylic acids is 1. The lowest BCUT2D eigenvalue weighted by molar-refractivity contribution is 0.0665. The Morgan fingerprint density at radius 1 is 1.14 bits per heavy atom. The maximum absolute atomic E-state index is 13.0. The maximum Gasteiger partial charge on any atom is 0.316 e. The molecule has 1 saturated heterocycles. The molecule has 28 heavy (non-hydrogen) atoms. The Kier molecular flexibility index (Phi) is 6.67. The number of para-hydroxylation sites is 2. The van der Waals surface area contributed by atoms with Gasteiger partial charge in [-0.1, -0.05) is 12.1 Å². The Labute approximate surface area is 163 Å². The molecule has 2 aromatic carbocycles. The van der Waals surface area contributed by atoms with Crippen LogP contribution in [0.5, 0.6) is 5.75 Å². The van der Waals surface area contributed by atoms with E-state index in [0.29, 0.717) is 18.0 Å². The Morgan fingerprint density at radius 2 is 1.82 bits per heavy atom. The number of β-amino-alcohol motifs (C(OH)–C–C–N with tert-alkyl or cyclic N) is 1. The minimum Gasteiger partial charge on any atom is -0.489 e. The Hall–Kier alpha value is -2.84. The standard InChI is InChI=1S/C20H25FN4O3/c21-15-5-7-16(8-6-15)25-11-9-24(10-12-25)13-17(26)14-28-19-4-2-1-3-18(19)23-20(22)27/h1-8,17,26H,9-14H2,(H3,22,23,27). The summed E-state index contributed by atoms with van der Waals surface area (Å²) < 4.78 is 18.7. The molecule has 1 fully saturated rings. The second-order valence-electron chi connectivity index (χ2n) is 6.71. The van der Waals surface area contributed by atoms with Crippen molar-refractivity contribution >= 4 is 17.4 Å². The number of hydrogen-bond acceptors (Lipinski definition) is 5. The van der Waals surface area contributed by atoms with E-state index >= 15 is 0 Å². The molecule has 2 aromatic rings. The molecule has 2 amide bonds. The lowest BCUT2D eigenvalue weighted by Gasteiger charge is -2.36. The summed E-state index contributed by atoms with van der Waals surface area (Å²) in [5.41, 5.74) is 6.62. The van der Waals surface area contributed by atoms with Crippen molar-refractivity contribution in [1.29, 1.82) is 0 Å². The van der Waals surface area contributed by atoms with Gasteiger partial charge < -0.3 is 25.8 Å². The molecule has 8 heteroatoms. The molecule has 0 spiro atoms. The molecule has 0 bridgehead atoms. The van der Waals surface area contributed by atoms with Gasteiger partial charge in [0.2, 0.25) is 0 Å². The number of carbonyl (C=O) groups is 1. The van der Waals surface area contributed by atoms with E-state index in [1.54, 1.807) is 36.4 Å². The zero-order valence-electron chi connectivity index (χ0n) is 15.6. The highest BCUT2D eigenvalue weighted by molar-refractivity contribution is 5.89. The van der Waals surface area contributed by atoms with E-state index in [1.165, 1.54) is 12.1 Å². The second kappa shape index (κ2) is 9.38. The van der Waals surface area contributed by atoms with Gasteiger partial charge in [0.15, 0.2) is 0 Å². The summed E-state index contributed by atoms with van der Waals surface area (Å²) in [6.45, 7) is 3.82. The number of piperazine rings is 1. The second-order valence-corrected chi connectivity index (χ2v) is 6.71. The monoisotopic (exact) mass is 388 g/mol. The molecule has 0 radical (unpaired) electrons. The lowest BCUT2D eigenvalue weighted by atomic mass is 10.2. The van der Waals surface area contributed by atoms with Crippen molar-refractivity contribution in [2.24, 2.45) is 5.73 Å². The van der Waals surface area contributed by atoms with E-state index in [-0.39, 0.29) is 12.4 Å². The molecule has 1 heterocycles. The summed E-state index contributed by atoms with van der Waals surface area (Å²) in [4.78, 5) is 15.4. The number of nitrogens with two attached hydrogens (primary N) is 1. The van der Waals surface area contributed by atoms with Crippen molar-refractivity contribution in [1.82, 2.24) is 4.90 Å². The van der Waals surface area contributed by atoms with Crippen molar-refractivity contribution < 1.29 is 19.0 Å². The summed E-state index contributed by atoms with van der Waals surface area (Å²) in [5, 5.41) is 12.8. The van der Waals surface area contributed by atoms with Crippen LogP contribution in [0.3, 0.4) is 0 Å². The summed E-state index contributed by atoms with van der Waals surface area (Å²) in [6.07, 6.45) is -0.668. The number of amides is 2. The maximum atomic E-state index is 13.0. The van der Waals surface area contributed by atoms with Gasteiger partial charge in [-0.15, -0.1) is 0 Å². The minimum atomic E-state index is -0.671. The molecule has 1 atom stereocenters. The highest BCUT2D eigenvalue weighted by atomic mass is 19.1. The van der Waals surface area contributed by atoms with Crippen LogP contribution in [0, 0.1) is 5.82 Å².